The highest BCUT2D eigenvalue weighted by molar-refractivity contribution is 7.91. The number of rotatable bonds is 5. The lowest BCUT2D eigenvalue weighted by atomic mass is 10.1. The molecule has 2 aliphatic heterocycles. The molecule has 28 heavy (non-hydrogen) atoms. The third-order valence-corrected chi connectivity index (χ3v) is 6.97. The molecule has 2 aliphatic rings. The van der Waals surface area contributed by atoms with Gasteiger partial charge in [-0.3, -0.25) is 14.5 Å². The van der Waals surface area contributed by atoms with Gasteiger partial charge >= 0.3 is 0 Å². The van der Waals surface area contributed by atoms with Gasteiger partial charge in [-0.25, -0.2) is 8.42 Å². The zero-order valence-electron chi connectivity index (χ0n) is 16.1. The first-order chi connectivity index (χ1) is 13.4. The molecule has 2 fully saturated rings. The molecule has 1 aromatic rings. The smallest absolute Gasteiger partial charge is 0.246 e. The van der Waals surface area contributed by atoms with Crippen molar-refractivity contribution in [3.8, 4) is 0 Å². The van der Waals surface area contributed by atoms with Crippen LogP contribution in [0.3, 0.4) is 0 Å². The van der Waals surface area contributed by atoms with Crippen LogP contribution < -0.4 is 0 Å². The van der Waals surface area contributed by atoms with Crippen LogP contribution in [0.15, 0.2) is 35.2 Å². The maximum Gasteiger partial charge on any atom is 0.246 e. The number of amides is 2. The van der Waals surface area contributed by atoms with E-state index < -0.39 is 15.9 Å². The minimum atomic E-state index is -3.38. The molecule has 0 radical (unpaired) electrons. The summed E-state index contributed by atoms with van der Waals surface area (Å²) in [7, 11) is -3.38. The first-order valence-corrected chi connectivity index (χ1v) is 11.2. The van der Waals surface area contributed by atoms with E-state index in [4.69, 9.17) is 4.74 Å². The highest BCUT2D eigenvalue weighted by Gasteiger charge is 2.37. The Morgan fingerprint density at radius 3 is 2.39 bits per heavy atom. The summed E-state index contributed by atoms with van der Waals surface area (Å²) in [5.74, 6) is -0.243. The number of morpholine rings is 1. The largest absolute Gasteiger partial charge is 0.378 e. The SMILES string of the molecule is CC(=O)N1CCN(CCS(=O)(=O)c2ccccc2)CC1C(=O)N1CCOCC1. The van der Waals surface area contributed by atoms with E-state index in [0.717, 1.165) is 0 Å². The number of benzene rings is 1. The van der Waals surface area contributed by atoms with Gasteiger partial charge in [-0.15, -0.1) is 0 Å². The molecule has 1 unspecified atom stereocenters. The summed E-state index contributed by atoms with van der Waals surface area (Å²) >= 11 is 0. The molecule has 0 aliphatic carbocycles. The molecule has 0 aromatic heterocycles. The van der Waals surface area contributed by atoms with Crippen LogP contribution in [-0.2, 0) is 24.2 Å². The fourth-order valence-corrected chi connectivity index (χ4v) is 4.93. The molecular formula is C19H27N3O5S. The molecule has 1 atom stereocenters. The van der Waals surface area contributed by atoms with Crippen molar-refractivity contribution in [2.24, 2.45) is 0 Å². The number of piperazine rings is 1. The average molecular weight is 410 g/mol. The maximum absolute atomic E-state index is 13.0. The van der Waals surface area contributed by atoms with E-state index in [-0.39, 0.29) is 17.6 Å². The van der Waals surface area contributed by atoms with Crippen LogP contribution in [0.4, 0.5) is 0 Å². The molecule has 2 saturated heterocycles. The molecule has 3 rings (SSSR count). The van der Waals surface area contributed by atoms with E-state index in [1.165, 1.54) is 6.92 Å². The quantitative estimate of drug-likeness (QED) is 0.672. The van der Waals surface area contributed by atoms with E-state index in [1.807, 2.05) is 4.90 Å². The van der Waals surface area contributed by atoms with Gasteiger partial charge in [0.2, 0.25) is 11.8 Å². The first-order valence-electron chi connectivity index (χ1n) is 9.52. The van der Waals surface area contributed by atoms with Crippen LogP contribution >= 0.6 is 0 Å². The third-order valence-electron chi connectivity index (χ3n) is 5.26. The Morgan fingerprint density at radius 2 is 1.75 bits per heavy atom. The van der Waals surface area contributed by atoms with Crippen LogP contribution in [0.25, 0.3) is 0 Å². The molecule has 2 amide bonds. The van der Waals surface area contributed by atoms with Gasteiger partial charge in [0.05, 0.1) is 23.9 Å². The lowest BCUT2D eigenvalue weighted by Gasteiger charge is -2.42. The summed E-state index contributed by atoms with van der Waals surface area (Å²) in [6.07, 6.45) is 0. The van der Waals surface area contributed by atoms with Gasteiger partial charge in [-0.2, -0.15) is 0 Å². The number of ether oxygens (including phenoxy) is 1. The minimum absolute atomic E-state index is 0.0183. The number of nitrogens with zero attached hydrogens (tertiary/aromatic N) is 3. The van der Waals surface area contributed by atoms with Crippen molar-refractivity contribution in [2.45, 2.75) is 17.9 Å². The third kappa shape index (κ3) is 4.89. The van der Waals surface area contributed by atoms with Crippen LogP contribution in [-0.4, -0.2) is 99.2 Å². The molecule has 0 spiro atoms. The van der Waals surface area contributed by atoms with Crippen LogP contribution in [0.5, 0.6) is 0 Å². The number of sulfone groups is 1. The Balaban J connectivity index is 1.65. The van der Waals surface area contributed by atoms with E-state index in [1.54, 1.807) is 40.1 Å². The second kappa shape index (κ2) is 9.02. The fraction of sp³-hybridized carbons (Fsp3) is 0.579. The van der Waals surface area contributed by atoms with Crippen LogP contribution in [0.2, 0.25) is 0 Å². The van der Waals surface area contributed by atoms with Crippen molar-refractivity contribution in [3.63, 3.8) is 0 Å². The highest BCUT2D eigenvalue weighted by atomic mass is 32.2. The van der Waals surface area contributed by atoms with Gasteiger partial charge in [-0.1, -0.05) is 18.2 Å². The predicted molar refractivity (Wildman–Crippen MR) is 104 cm³/mol. The maximum atomic E-state index is 13.0. The fourth-order valence-electron chi connectivity index (χ4n) is 3.62. The van der Waals surface area contributed by atoms with E-state index in [2.05, 4.69) is 0 Å². The summed E-state index contributed by atoms with van der Waals surface area (Å²) in [6, 6.07) is 7.79. The topological polar surface area (TPSA) is 87.2 Å². The van der Waals surface area contributed by atoms with E-state index >= 15 is 0 Å². The average Bonchev–Trinajstić information content (AvgIpc) is 2.73. The van der Waals surface area contributed by atoms with E-state index in [0.29, 0.717) is 57.4 Å². The minimum Gasteiger partial charge on any atom is -0.378 e. The molecule has 8 nitrogen and oxygen atoms in total. The zero-order valence-corrected chi connectivity index (χ0v) is 16.9. The van der Waals surface area contributed by atoms with Gasteiger partial charge in [0.15, 0.2) is 9.84 Å². The number of carbonyl (C=O) groups excluding carboxylic acids is 2. The van der Waals surface area contributed by atoms with Crippen molar-refractivity contribution >= 4 is 21.7 Å². The van der Waals surface area contributed by atoms with Crippen LogP contribution in [0.1, 0.15) is 6.92 Å². The van der Waals surface area contributed by atoms with Gasteiger partial charge in [0, 0.05) is 46.2 Å². The molecule has 2 heterocycles. The summed E-state index contributed by atoms with van der Waals surface area (Å²) in [4.78, 5) is 30.6. The summed E-state index contributed by atoms with van der Waals surface area (Å²) in [5.41, 5.74) is 0. The number of carbonyl (C=O) groups is 2. The van der Waals surface area contributed by atoms with Gasteiger partial charge in [0.1, 0.15) is 6.04 Å². The van der Waals surface area contributed by atoms with Crippen molar-refractivity contribution in [1.29, 1.82) is 0 Å². The van der Waals surface area contributed by atoms with Crippen molar-refractivity contribution < 1.29 is 22.7 Å². The van der Waals surface area contributed by atoms with E-state index in [9.17, 15) is 18.0 Å². The van der Waals surface area contributed by atoms with Gasteiger partial charge < -0.3 is 14.5 Å². The lowest BCUT2D eigenvalue weighted by Crippen LogP contribution is -2.62. The highest BCUT2D eigenvalue weighted by Crippen LogP contribution is 2.16. The zero-order chi connectivity index (χ0) is 20.1. The van der Waals surface area contributed by atoms with Crippen molar-refractivity contribution in [2.75, 3.05) is 58.2 Å². The summed E-state index contributed by atoms with van der Waals surface area (Å²) < 4.78 is 30.4. The Labute approximate surface area is 166 Å². The molecule has 9 heteroatoms. The van der Waals surface area contributed by atoms with Crippen LogP contribution in [0, 0.1) is 0 Å². The standard InChI is InChI=1S/C19H27N3O5S/c1-16(23)22-8-7-20(11-14-28(25,26)17-5-3-2-4-6-17)15-18(22)19(24)21-9-12-27-13-10-21/h2-6,18H,7-15H2,1H3. The predicted octanol–water partition coefficient (Wildman–Crippen LogP) is -0.148. The molecule has 0 bridgehead atoms. The molecule has 154 valence electrons. The molecule has 0 saturated carbocycles. The second-order valence-electron chi connectivity index (χ2n) is 7.10. The van der Waals surface area contributed by atoms with Crippen molar-refractivity contribution in [3.05, 3.63) is 30.3 Å². The first kappa shape index (κ1) is 20.8. The summed E-state index contributed by atoms with van der Waals surface area (Å²) in [6.45, 7) is 5.14. The molecule has 0 N–H and O–H groups in total. The monoisotopic (exact) mass is 409 g/mol. The summed E-state index contributed by atoms with van der Waals surface area (Å²) in [5, 5.41) is 0. The Kier molecular flexibility index (Phi) is 6.69. The van der Waals surface area contributed by atoms with Gasteiger partial charge in [0.25, 0.3) is 0 Å². The Hall–Kier alpha value is -1.97. The molecular weight excluding hydrogens is 382 g/mol. The lowest BCUT2D eigenvalue weighted by molar-refractivity contribution is -0.150. The normalized spacial score (nSPS) is 21.5. The van der Waals surface area contributed by atoms with Gasteiger partial charge in [-0.05, 0) is 12.1 Å². The number of hydrogen-bond donors (Lipinski definition) is 0. The Morgan fingerprint density at radius 1 is 1.07 bits per heavy atom. The second-order valence-corrected chi connectivity index (χ2v) is 9.21. The molecule has 1 aromatic carbocycles. The van der Waals surface area contributed by atoms with Crippen molar-refractivity contribution in [1.82, 2.24) is 14.7 Å². The Bertz CT molecular complexity index is 793. The number of hydrogen-bond acceptors (Lipinski definition) is 6.